The molecule has 4 aromatic rings. The van der Waals surface area contributed by atoms with Crippen LogP contribution in [0.1, 0.15) is 25.0 Å². The van der Waals surface area contributed by atoms with Crippen LogP contribution in [0.15, 0.2) is 71.8 Å². The highest BCUT2D eigenvalue weighted by molar-refractivity contribution is 7.89. The van der Waals surface area contributed by atoms with Crippen LogP contribution in [0.4, 0.5) is 5.82 Å². The molecule has 166 valence electrons. The number of nitrogens with zero attached hydrogens (tertiary/aromatic N) is 3. The molecule has 0 amide bonds. The van der Waals surface area contributed by atoms with E-state index in [1.165, 1.54) is 17.7 Å². The SMILES string of the molecule is CC(C)Cc1ccc(-c2cc3nc(NCCc4ccc(S(N)(=O)=O)cc4)ccn3n2)cc1. The molecular weight excluding hydrogens is 422 g/mol. The van der Waals surface area contributed by atoms with Crippen molar-refractivity contribution in [1.82, 2.24) is 14.6 Å². The van der Waals surface area contributed by atoms with Crippen molar-refractivity contribution in [3.05, 3.63) is 78.0 Å². The third-order valence-corrected chi connectivity index (χ3v) is 6.12. The zero-order valence-electron chi connectivity index (χ0n) is 18.2. The average molecular weight is 450 g/mol. The van der Waals surface area contributed by atoms with E-state index in [0.717, 1.165) is 41.1 Å². The molecule has 2 heterocycles. The summed E-state index contributed by atoms with van der Waals surface area (Å²) in [6.45, 7) is 5.10. The molecule has 0 atom stereocenters. The Morgan fingerprint density at radius 2 is 1.69 bits per heavy atom. The summed E-state index contributed by atoms with van der Waals surface area (Å²) in [5.74, 6) is 1.39. The van der Waals surface area contributed by atoms with Gasteiger partial charge in [-0.1, -0.05) is 50.2 Å². The molecule has 2 aromatic carbocycles. The number of primary sulfonamides is 1. The highest BCUT2D eigenvalue weighted by Gasteiger charge is 2.08. The fourth-order valence-electron chi connectivity index (χ4n) is 3.58. The van der Waals surface area contributed by atoms with Crippen molar-refractivity contribution in [3.8, 4) is 11.3 Å². The lowest BCUT2D eigenvalue weighted by Crippen LogP contribution is -2.12. The molecule has 4 rings (SSSR count). The van der Waals surface area contributed by atoms with Gasteiger partial charge in [0.15, 0.2) is 5.65 Å². The Bertz CT molecular complexity index is 1310. The summed E-state index contributed by atoms with van der Waals surface area (Å²) < 4.78 is 24.5. The van der Waals surface area contributed by atoms with Gasteiger partial charge in [0, 0.05) is 24.4 Å². The van der Waals surface area contributed by atoms with Gasteiger partial charge >= 0.3 is 0 Å². The molecule has 0 bridgehead atoms. The van der Waals surface area contributed by atoms with Gasteiger partial charge in [0.1, 0.15) is 5.82 Å². The topological polar surface area (TPSA) is 102 Å². The minimum atomic E-state index is -3.66. The van der Waals surface area contributed by atoms with Gasteiger partial charge < -0.3 is 5.32 Å². The quantitative estimate of drug-likeness (QED) is 0.425. The highest BCUT2D eigenvalue weighted by atomic mass is 32.2. The normalized spacial score (nSPS) is 11.9. The summed E-state index contributed by atoms with van der Waals surface area (Å²) in [6.07, 6.45) is 3.69. The lowest BCUT2D eigenvalue weighted by Gasteiger charge is -2.06. The highest BCUT2D eigenvalue weighted by Crippen LogP contribution is 2.21. The standard InChI is InChI=1S/C24H27N5O2S/c1-17(2)15-19-3-7-20(8-4-19)22-16-24-27-23(12-14-29(24)28-22)26-13-11-18-5-9-21(10-6-18)32(25,30)31/h3-10,12,14,16-17H,11,13,15H2,1-2H3,(H,26,27)(H2,25,30,31). The van der Waals surface area contributed by atoms with Crippen LogP contribution in [-0.4, -0.2) is 29.6 Å². The van der Waals surface area contributed by atoms with E-state index in [2.05, 4.69) is 53.5 Å². The van der Waals surface area contributed by atoms with Crippen molar-refractivity contribution in [1.29, 1.82) is 0 Å². The van der Waals surface area contributed by atoms with Gasteiger partial charge in [0.25, 0.3) is 0 Å². The second kappa shape index (κ2) is 9.10. The minimum absolute atomic E-state index is 0.118. The van der Waals surface area contributed by atoms with Gasteiger partial charge in [-0.25, -0.2) is 23.1 Å². The van der Waals surface area contributed by atoms with Crippen molar-refractivity contribution in [2.45, 2.75) is 31.6 Å². The van der Waals surface area contributed by atoms with E-state index in [1.807, 2.05) is 18.3 Å². The largest absolute Gasteiger partial charge is 0.370 e. The number of fused-ring (bicyclic) bond motifs is 1. The van der Waals surface area contributed by atoms with E-state index in [1.54, 1.807) is 16.6 Å². The zero-order valence-corrected chi connectivity index (χ0v) is 19.0. The third kappa shape index (κ3) is 5.33. The zero-order chi connectivity index (χ0) is 22.7. The van der Waals surface area contributed by atoms with Crippen molar-refractivity contribution >= 4 is 21.5 Å². The van der Waals surface area contributed by atoms with Crippen LogP contribution in [0.2, 0.25) is 0 Å². The maximum absolute atomic E-state index is 11.3. The van der Waals surface area contributed by atoms with E-state index in [-0.39, 0.29) is 4.90 Å². The van der Waals surface area contributed by atoms with Crippen LogP contribution < -0.4 is 10.5 Å². The number of anilines is 1. The first-order chi connectivity index (χ1) is 15.3. The Balaban J connectivity index is 1.40. The fourth-order valence-corrected chi connectivity index (χ4v) is 4.10. The van der Waals surface area contributed by atoms with Crippen LogP contribution in [0, 0.1) is 5.92 Å². The van der Waals surface area contributed by atoms with E-state index in [9.17, 15) is 8.42 Å². The maximum Gasteiger partial charge on any atom is 0.238 e. The van der Waals surface area contributed by atoms with E-state index >= 15 is 0 Å². The Hall–Kier alpha value is -3.23. The number of hydrogen-bond acceptors (Lipinski definition) is 5. The Morgan fingerprint density at radius 3 is 2.34 bits per heavy atom. The Kier molecular flexibility index (Phi) is 6.25. The van der Waals surface area contributed by atoms with Gasteiger partial charge in [-0.05, 0) is 48.1 Å². The predicted molar refractivity (Wildman–Crippen MR) is 127 cm³/mol. The number of rotatable bonds is 8. The summed E-state index contributed by atoms with van der Waals surface area (Å²) in [5.41, 5.74) is 5.07. The second-order valence-corrected chi connectivity index (χ2v) is 9.87. The molecule has 0 unspecified atom stereocenters. The van der Waals surface area contributed by atoms with Crippen molar-refractivity contribution in [2.24, 2.45) is 11.1 Å². The van der Waals surface area contributed by atoms with Crippen LogP contribution in [-0.2, 0) is 22.9 Å². The van der Waals surface area contributed by atoms with Crippen molar-refractivity contribution < 1.29 is 8.42 Å². The molecule has 32 heavy (non-hydrogen) atoms. The summed E-state index contributed by atoms with van der Waals surface area (Å²) >= 11 is 0. The van der Waals surface area contributed by atoms with Gasteiger partial charge in [-0.3, -0.25) is 0 Å². The maximum atomic E-state index is 11.3. The first kappa shape index (κ1) is 22.0. The van der Waals surface area contributed by atoms with Gasteiger partial charge in [-0.2, -0.15) is 5.10 Å². The number of benzene rings is 2. The number of nitrogens with two attached hydrogens (primary N) is 1. The molecule has 2 aromatic heterocycles. The predicted octanol–water partition coefficient (Wildman–Crippen LogP) is 3.90. The molecule has 3 N–H and O–H groups in total. The van der Waals surface area contributed by atoms with Crippen LogP contribution in [0.25, 0.3) is 16.9 Å². The number of sulfonamides is 1. The third-order valence-electron chi connectivity index (χ3n) is 5.19. The Labute approximate surface area is 188 Å². The molecule has 0 saturated heterocycles. The van der Waals surface area contributed by atoms with Crippen molar-refractivity contribution in [3.63, 3.8) is 0 Å². The van der Waals surface area contributed by atoms with Crippen molar-refractivity contribution in [2.75, 3.05) is 11.9 Å². The summed E-state index contributed by atoms with van der Waals surface area (Å²) in [6, 6.07) is 19.0. The lowest BCUT2D eigenvalue weighted by atomic mass is 10.0. The molecule has 0 aliphatic heterocycles. The monoisotopic (exact) mass is 449 g/mol. The molecular formula is C24H27N5O2S. The number of aromatic nitrogens is 3. The molecule has 0 radical (unpaired) electrons. The first-order valence-corrected chi connectivity index (χ1v) is 12.1. The van der Waals surface area contributed by atoms with Crippen LogP contribution in [0.5, 0.6) is 0 Å². The average Bonchev–Trinajstić information content (AvgIpc) is 3.17. The molecule has 7 nitrogen and oxygen atoms in total. The summed E-state index contributed by atoms with van der Waals surface area (Å²) in [5, 5.41) is 13.1. The first-order valence-electron chi connectivity index (χ1n) is 10.6. The lowest BCUT2D eigenvalue weighted by molar-refractivity contribution is 0.598. The molecule has 0 spiro atoms. The Morgan fingerprint density at radius 1 is 1.00 bits per heavy atom. The molecule has 0 fully saturated rings. The van der Waals surface area contributed by atoms with Crippen LogP contribution in [0.3, 0.4) is 0 Å². The molecule has 0 saturated carbocycles. The number of hydrogen-bond donors (Lipinski definition) is 2. The molecule has 0 aliphatic carbocycles. The van der Waals surface area contributed by atoms with E-state index < -0.39 is 10.0 Å². The summed E-state index contributed by atoms with van der Waals surface area (Å²) in [7, 11) is -3.66. The van der Waals surface area contributed by atoms with Gasteiger partial charge in [0.2, 0.25) is 10.0 Å². The van der Waals surface area contributed by atoms with Crippen LogP contribution >= 0.6 is 0 Å². The number of nitrogens with one attached hydrogen (secondary N) is 1. The summed E-state index contributed by atoms with van der Waals surface area (Å²) in [4.78, 5) is 4.77. The minimum Gasteiger partial charge on any atom is -0.370 e. The second-order valence-electron chi connectivity index (χ2n) is 8.31. The van der Waals surface area contributed by atoms with Gasteiger partial charge in [0.05, 0.1) is 10.6 Å². The van der Waals surface area contributed by atoms with E-state index in [4.69, 9.17) is 5.14 Å². The molecule has 0 aliphatic rings. The fraction of sp³-hybridized carbons (Fsp3) is 0.250. The van der Waals surface area contributed by atoms with E-state index in [0.29, 0.717) is 12.5 Å². The molecule has 8 heteroatoms. The van der Waals surface area contributed by atoms with Gasteiger partial charge in [-0.15, -0.1) is 0 Å². The smallest absolute Gasteiger partial charge is 0.238 e.